The molecule has 0 spiro atoms. The van der Waals surface area contributed by atoms with Crippen LogP contribution in [0.2, 0.25) is 5.02 Å². The van der Waals surface area contributed by atoms with Crippen LogP contribution in [0.3, 0.4) is 0 Å². The van der Waals surface area contributed by atoms with Crippen LogP contribution in [0.4, 0.5) is 10.5 Å². The van der Waals surface area contributed by atoms with E-state index in [1.165, 1.54) is 12.1 Å². The third kappa shape index (κ3) is 4.07. The summed E-state index contributed by atoms with van der Waals surface area (Å²) in [6, 6.07) is 26.1. The Bertz CT molecular complexity index is 1410. The molecule has 0 fully saturated rings. The van der Waals surface area contributed by atoms with Gasteiger partial charge >= 0.3 is 6.09 Å². The summed E-state index contributed by atoms with van der Waals surface area (Å²) in [6.45, 7) is 0. The number of aliphatic hydroxyl groups is 1. The molecule has 6 nitrogen and oxygen atoms in total. The average Bonchev–Trinajstić information content (AvgIpc) is 3.41. The number of amides is 2. The van der Waals surface area contributed by atoms with Crippen molar-refractivity contribution >= 4 is 40.6 Å². The number of nitrogens with zero attached hydrogens (tertiary/aromatic N) is 1. The van der Waals surface area contributed by atoms with E-state index in [0.29, 0.717) is 22.8 Å². The summed E-state index contributed by atoms with van der Waals surface area (Å²) < 4.78 is 11.2. The molecule has 0 radical (unpaired) electrons. The highest BCUT2D eigenvalue weighted by Gasteiger charge is 2.41. The second kappa shape index (κ2) is 8.92. The summed E-state index contributed by atoms with van der Waals surface area (Å²) in [5.41, 5.74) is 1.51. The minimum atomic E-state index is -0.896. The van der Waals surface area contributed by atoms with Crippen LogP contribution < -0.4 is 9.64 Å². The number of carbonyl (C=O) groups excluding carboxylic acids is 2. The number of imide groups is 1. The lowest BCUT2D eigenvalue weighted by Gasteiger charge is -2.14. The smallest absolute Gasteiger partial charge is 0.426 e. The maximum absolute atomic E-state index is 13.3. The molecule has 2 amide bonds. The molecular weight excluding hydrogens is 454 g/mol. The molecule has 1 aliphatic heterocycles. The van der Waals surface area contributed by atoms with E-state index in [-0.39, 0.29) is 28.5 Å². The largest absolute Gasteiger partial charge is 0.504 e. The SMILES string of the molecule is O=C(Oc1ccccc1)N1C(=O)C(=C(O)c2ccc(Cc3ccccc3)o2)c2cc(Cl)ccc21. The number of anilines is 1. The Balaban J connectivity index is 1.51. The third-order valence-corrected chi connectivity index (χ3v) is 5.60. The molecule has 0 saturated carbocycles. The van der Waals surface area contributed by atoms with Crippen molar-refractivity contribution in [1.82, 2.24) is 0 Å². The number of para-hydroxylation sites is 1. The van der Waals surface area contributed by atoms with Crippen molar-refractivity contribution in [2.45, 2.75) is 6.42 Å². The van der Waals surface area contributed by atoms with Crippen LogP contribution in [0.15, 0.2) is 95.4 Å². The molecule has 1 N–H and O–H groups in total. The predicted molar refractivity (Wildman–Crippen MR) is 129 cm³/mol. The number of benzene rings is 3. The van der Waals surface area contributed by atoms with Gasteiger partial charge in [0.2, 0.25) is 0 Å². The van der Waals surface area contributed by atoms with Gasteiger partial charge in [-0.15, -0.1) is 0 Å². The van der Waals surface area contributed by atoms with Crippen molar-refractivity contribution in [3.8, 4) is 5.75 Å². The van der Waals surface area contributed by atoms with Crippen LogP contribution in [0.25, 0.3) is 11.3 Å². The van der Waals surface area contributed by atoms with Crippen LogP contribution in [0, 0.1) is 0 Å². The lowest BCUT2D eigenvalue weighted by atomic mass is 10.1. The molecule has 34 heavy (non-hydrogen) atoms. The first kappa shape index (κ1) is 21.6. The summed E-state index contributed by atoms with van der Waals surface area (Å²) in [5, 5.41) is 11.4. The Hall–Kier alpha value is -4.29. The van der Waals surface area contributed by atoms with E-state index in [9.17, 15) is 14.7 Å². The molecule has 1 aliphatic rings. The third-order valence-electron chi connectivity index (χ3n) is 5.37. The monoisotopic (exact) mass is 471 g/mol. The van der Waals surface area contributed by atoms with Crippen molar-refractivity contribution in [3.63, 3.8) is 0 Å². The Morgan fingerprint density at radius 1 is 0.941 bits per heavy atom. The number of ether oxygens (including phenoxy) is 1. The Kier molecular flexibility index (Phi) is 5.65. The molecule has 3 aromatic carbocycles. The normalized spacial score (nSPS) is 14.1. The molecule has 168 valence electrons. The second-order valence-electron chi connectivity index (χ2n) is 7.63. The molecule has 5 rings (SSSR count). The molecule has 1 aromatic heterocycles. The molecule has 0 aliphatic carbocycles. The van der Waals surface area contributed by atoms with E-state index in [4.69, 9.17) is 20.8 Å². The van der Waals surface area contributed by atoms with Gasteiger partial charge in [0.25, 0.3) is 5.91 Å². The van der Waals surface area contributed by atoms with Crippen molar-refractivity contribution in [2.75, 3.05) is 4.90 Å². The van der Waals surface area contributed by atoms with Crippen LogP contribution >= 0.6 is 11.6 Å². The molecule has 4 aromatic rings. The van der Waals surface area contributed by atoms with Crippen LogP contribution in [0.5, 0.6) is 5.75 Å². The predicted octanol–water partition coefficient (Wildman–Crippen LogP) is 6.50. The van der Waals surface area contributed by atoms with Crippen molar-refractivity contribution in [3.05, 3.63) is 119 Å². The molecule has 0 saturated heterocycles. The van der Waals surface area contributed by atoms with E-state index in [0.717, 1.165) is 10.5 Å². The van der Waals surface area contributed by atoms with Crippen molar-refractivity contribution < 1.29 is 23.8 Å². The van der Waals surface area contributed by atoms with Gasteiger partial charge in [-0.3, -0.25) is 4.79 Å². The highest BCUT2D eigenvalue weighted by Crippen LogP contribution is 2.42. The molecule has 0 unspecified atom stereocenters. The van der Waals surface area contributed by atoms with Crippen LogP contribution in [-0.4, -0.2) is 17.1 Å². The topological polar surface area (TPSA) is 80.0 Å². The average molecular weight is 472 g/mol. The lowest BCUT2D eigenvalue weighted by molar-refractivity contribution is -0.112. The Morgan fingerprint density at radius 2 is 1.65 bits per heavy atom. The van der Waals surface area contributed by atoms with E-state index < -0.39 is 12.0 Å². The molecular formula is C27H18ClNO5. The molecule has 7 heteroatoms. The Labute approximate surface area is 200 Å². The second-order valence-corrected chi connectivity index (χ2v) is 8.07. The van der Waals surface area contributed by atoms with Gasteiger partial charge in [-0.05, 0) is 48.0 Å². The van der Waals surface area contributed by atoms with Crippen LogP contribution in [-0.2, 0) is 11.2 Å². The summed E-state index contributed by atoms with van der Waals surface area (Å²) in [7, 11) is 0. The number of fused-ring (bicyclic) bond motifs is 1. The van der Waals surface area contributed by atoms with E-state index in [2.05, 4.69) is 0 Å². The minimum absolute atomic E-state index is 0.0943. The zero-order chi connectivity index (χ0) is 23.7. The fraction of sp³-hybridized carbons (Fsp3) is 0.0370. The highest BCUT2D eigenvalue weighted by molar-refractivity contribution is 6.43. The lowest BCUT2D eigenvalue weighted by Crippen LogP contribution is -2.36. The Morgan fingerprint density at radius 3 is 2.38 bits per heavy atom. The van der Waals surface area contributed by atoms with Gasteiger partial charge in [-0.1, -0.05) is 60.1 Å². The fourth-order valence-corrected chi connectivity index (χ4v) is 3.98. The van der Waals surface area contributed by atoms with Crippen molar-refractivity contribution in [1.29, 1.82) is 0 Å². The maximum Gasteiger partial charge on any atom is 0.426 e. The number of halogens is 1. The molecule has 0 atom stereocenters. The zero-order valence-corrected chi connectivity index (χ0v) is 18.5. The van der Waals surface area contributed by atoms with Gasteiger partial charge in [0, 0.05) is 17.0 Å². The van der Waals surface area contributed by atoms with Gasteiger partial charge < -0.3 is 14.3 Å². The summed E-state index contributed by atoms with van der Waals surface area (Å²) in [4.78, 5) is 27.1. The van der Waals surface area contributed by atoms with Gasteiger partial charge in [0.05, 0.1) is 11.3 Å². The van der Waals surface area contributed by atoms with E-state index in [1.54, 1.807) is 48.5 Å². The number of carbonyl (C=O) groups is 2. The molecule has 2 heterocycles. The van der Waals surface area contributed by atoms with Gasteiger partial charge in [-0.25, -0.2) is 9.69 Å². The van der Waals surface area contributed by atoms with E-state index in [1.807, 2.05) is 30.3 Å². The number of hydrogen-bond donors (Lipinski definition) is 1. The highest BCUT2D eigenvalue weighted by atomic mass is 35.5. The zero-order valence-electron chi connectivity index (χ0n) is 17.8. The summed E-state index contributed by atoms with van der Waals surface area (Å²) in [5.74, 6) is -0.113. The maximum atomic E-state index is 13.3. The number of hydrogen-bond acceptors (Lipinski definition) is 5. The van der Waals surface area contributed by atoms with Gasteiger partial charge in [0.1, 0.15) is 11.5 Å². The summed E-state index contributed by atoms with van der Waals surface area (Å²) in [6.07, 6.45) is -0.373. The van der Waals surface area contributed by atoms with Gasteiger partial charge in [0.15, 0.2) is 11.5 Å². The van der Waals surface area contributed by atoms with E-state index >= 15 is 0 Å². The van der Waals surface area contributed by atoms with Crippen LogP contribution in [0.1, 0.15) is 22.6 Å². The quantitative estimate of drug-likeness (QED) is 0.271. The standard InChI is InChI=1S/C27H18ClNO5/c28-18-11-13-22-21(16-18)24(26(31)29(22)27(32)34-19-9-5-2-6-10-19)25(30)23-14-12-20(33-23)15-17-7-3-1-4-8-17/h1-14,16,30H,15H2. The van der Waals surface area contributed by atoms with Crippen molar-refractivity contribution in [2.24, 2.45) is 0 Å². The molecule has 0 bridgehead atoms. The first-order valence-corrected chi connectivity index (χ1v) is 10.9. The number of aliphatic hydroxyl groups excluding tert-OH is 1. The first-order valence-electron chi connectivity index (χ1n) is 10.5. The minimum Gasteiger partial charge on any atom is -0.504 e. The fourth-order valence-electron chi connectivity index (χ4n) is 3.81. The number of furan rings is 1. The van der Waals surface area contributed by atoms with Gasteiger partial charge in [-0.2, -0.15) is 0 Å². The first-order chi connectivity index (χ1) is 16.5. The number of rotatable bonds is 4. The summed E-state index contributed by atoms with van der Waals surface area (Å²) >= 11 is 6.16.